The molecule has 104 valence electrons. The van der Waals surface area contributed by atoms with Gasteiger partial charge in [-0.15, -0.1) is 0 Å². The maximum atomic E-state index is 11.9. The summed E-state index contributed by atoms with van der Waals surface area (Å²) in [5.41, 5.74) is 0.874. The van der Waals surface area contributed by atoms with E-state index >= 15 is 0 Å². The Hall–Kier alpha value is -1.39. The molecule has 1 aliphatic rings. The molecule has 0 spiro atoms. The number of likely N-dealkylation sites (tertiary alicyclic amines) is 1. The summed E-state index contributed by atoms with van der Waals surface area (Å²) in [6, 6.07) is 9.51. The number of amides is 1. The number of nitrogens with zero attached hydrogens (tertiary/aromatic N) is 1. The molecule has 4 heteroatoms. The Morgan fingerprint density at radius 1 is 1.37 bits per heavy atom. The van der Waals surface area contributed by atoms with Gasteiger partial charge in [-0.05, 0) is 31.7 Å². The largest absolute Gasteiger partial charge is 0.388 e. The van der Waals surface area contributed by atoms with Crippen molar-refractivity contribution in [3.8, 4) is 0 Å². The Labute approximate surface area is 113 Å². The minimum Gasteiger partial charge on any atom is -0.388 e. The molecule has 19 heavy (non-hydrogen) atoms. The van der Waals surface area contributed by atoms with E-state index in [2.05, 4.69) is 0 Å². The zero-order chi connectivity index (χ0) is 13.8. The lowest BCUT2D eigenvalue weighted by atomic mass is 10.0. The first-order valence-electron chi connectivity index (χ1n) is 6.81. The number of aliphatic hydroxyl groups excluding tert-OH is 2. The summed E-state index contributed by atoms with van der Waals surface area (Å²) in [6.45, 7) is 2.17. The van der Waals surface area contributed by atoms with Gasteiger partial charge in [0.2, 0.25) is 0 Å². The van der Waals surface area contributed by atoms with Gasteiger partial charge in [0, 0.05) is 12.6 Å². The molecule has 4 nitrogen and oxygen atoms in total. The monoisotopic (exact) mass is 263 g/mol. The normalized spacial score (nSPS) is 22.3. The minimum absolute atomic E-state index is 0.0253. The van der Waals surface area contributed by atoms with E-state index in [4.69, 9.17) is 0 Å². The van der Waals surface area contributed by atoms with Crippen LogP contribution in [0.5, 0.6) is 0 Å². The van der Waals surface area contributed by atoms with Gasteiger partial charge in [0.1, 0.15) is 6.10 Å². The van der Waals surface area contributed by atoms with Crippen LogP contribution >= 0.6 is 0 Å². The molecule has 1 amide bonds. The Balaban J connectivity index is 2.00. The van der Waals surface area contributed by atoms with Crippen LogP contribution in [0.2, 0.25) is 0 Å². The van der Waals surface area contributed by atoms with E-state index in [1.165, 1.54) is 6.92 Å². The molecule has 1 aliphatic heterocycles. The summed E-state index contributed by atoms with van der Waals surface area (Å²) in [5.74, 6) is -0.234. The van der Waals surface area contributed by atoms with Crippen molar-refractivity contribution >= 4 is 5.91 Å². The zero-order valence-corrected chi connectivity index (χ0v) is 11.2. The van der Waals surface area contributed by atoms with Crippen molar-refractivity contribution in [1.82, 2.24) is 4.90 Å². The van der Waals surface area contributed by atoms with Gasteiger partial charge in [0.25, 0.3) is 5.91 Å². The number of aliphatic hydroxyl groups is 2. The summed E-state index contributed by atoms with van der Waals surface area (Å²) >= 11 is 0. The van der Waals surface area contributed by atoms with Crippen LogP contribution in [-0.4, -0.2) is 39.7 Å². The fourth-order valence-corrected chi connectivity index (χ4v) is 2.68. The summed E-state index contributed by atoms with van der Waals surface area (Å²) in [4.78, 5) is 13.6. The second-order valence-corrected chi connectivity index (χ2v) is 5.17. The molecule has 0 aliphatic carbocycles. The van der Waals surface area contributed by atoms with Crippen LogP contribution in [0.4, 0.5) is 0 Å². The van der Waals surface area contributed by atoms with E-state index in [1.54, 1.807) is 4.90 Å². The molecule has 0 aromatic heterocycles. The average Bonchev–Trinajstić information content (AvgIpc) is 2.86. The molecule has 0 saturated carbocycles. The van der Waals surface area contributed by atoms with Crippen molar-refractivity contribution < 1.29 is 15.0 Å². The van der Waals surface area contributed by atoms with Gasteiger partial charge in [0.05, 0.1) is 6.10 Å². The second-order valence-electron chi connectivity index (χ2n) is 5.17. The van der Waals surface area contributed by atoms with Gasteiger partial charge in [-0.25, -0.2) is 0 Å². The van der Waals surface area contributed by atoms with Gasteiger partial charge in [-0.2, -0.15) is 0 Å². The first kappa shape index (κ1) is 14.0. The summed E-state index contributed by atoms with van der Waals surface area (Å²) in [5, 5.41) is 19.6. The lowest BCUT2D eigenvalue weighted by Crippen LogP contribution is -2.41. The number of hydrogen-bond donors (Lipinski definition) is 2. The molecule has 2 rings (SSSR count). The predicted molar refractivity (Wildman–Crippen MR) is 72.4 cm³/mol. The van der Waals surface area contributed by atoms with E-state index in [1.807, 2.05) is 30.3 Å². The van der Waals surface area contributed by atoms with Gasteiger partial charge < -0.3 is 15.1 Å². The van der Waals surface area contributed by atoms with Crippen LogP contribution in [0.3, 0.4) is 0 Å². The zero-order valence-electron chi connectivity index (χ0n) is 11.2. The first-order chi connectivity index (χ1) is 9.09. The number of hydrogen-bond acceptors (Lipinski definition) is 3. The molecule has 0 radical (unpaired) electrons. The Bertz CT molecular complexity index is 419. The molecule has 1 aromatic rings. The summed E-state index contributed by atoms with van der Waals surface area (Å²) in [7, 11) is 0. The molecular formula is C15H21NO3. The van der Waals surface area contributed by atoms with E-state index in [0.717, 1.165) is 18.4 Å². The molecule has 1 saturated heterocycles. The third kappa shape index (κ3) is 3.33. The van der Waals surface area contributed by atoms with Gasteiger partial charge in [0.15, 0.2) is 0 Å². The number of rotatable bonds is 4. The van der Waals surface area contributed by atoms with Crippen LogP contribution in [0.15, 0.2) is 30.3 Å². The van der Waals surface area contributed by atoms with Crippen molar-refractivity contribution in [1.29, 1.82) is 0 Å². The lowest BCUT2D eigenvalue weighted by molar-refractivity contribution is -0.140. The van der Waals surface area contributed by atoms with E-state index in [9.17, 15) is 15.0 Å². The molecule has 0 bridgehead atoms. The van der Waals surface area contributed by atoms with Crippen LogP contribution < -0.4 is 0 Å². The lowest BCUT2D eigenvalue weighted by Gasteiger charge is -2.27. The van der Waals surface area contributed by atoms with Crippen molar-refractivity contribution in [2.24, 2.45) is 0 Å². The topological polar surface area (TPSA) is 60.8 Å². The summed E-state index contributed by atoms with van der Waals surface area (Å²) in [6.07, 6.45) is 0.832. The second kappa shape index (κ2) is 6.17. The molecule has 3 atom stereocenters. The molecule has 3 unspecified atom stereocenters. The third-order valence-electron chi connectivity index (χ3n) is 3.70. The van der Waals surface area contributed by atoms with Crippen LogP contribution in [0.25, 0.3) is 0 Å². The van der Waals surface area contributed by atoms with E-state index in [0.29, 0.717) is 13.0 Å². The highest BCUT2D eigenvalue weighted by Gasteiger charge is 2.32. The molecular weight excluding hydrogens is 242 g/mol. The molecule has 1 fully saturated rings. The molecule has 2 N–H and O–H groups in total. The fraction of sp³-hybridized carbons (Fsp3) is 0.533. The number of carbonyl (C=O) groups is 1. The predicted octanol–water partition coefficient (Wildman–Crippen LogP) is 1.48. The highest BCUT2D eigenvalue weighted by molar-refractivity contribution is 5.80. The maximum Gasteiger partial charge on any atom is 0.251 e. The Morgan fingerprint density at radius 2 is 2.05 bits per heavy atom. The minimum atomic E-state index is -0.963. The van der Waals surface area contributed by atoms with Crippen molar-refractivity contribution in [3.63, 3.8) is 0 Å². The molecule has 1 heterocycles. The van der Waals surface area contributed by atoms with Gasteiger partial charge >= 0.3 is 0 Å². The first-order valence-corrected chi connectivity index (χ1v) is 6.81. The number of carbonyl (C=O) groups excluding carboxylic acids is 1. The third-order valence-corrected chi connectivity index (χ3v) is 3.70. The van der Waals surface area contributed by atoms with Crippen molar-refractivity contribution in [3.05, 3.63) is 35.9 Å². The highest BCUT2D eigenvalue weighted by atomic mass is 16.3. The quantitative estimate of drug-likeness (QED) is 0.865. The van der Waals surface area contributed by atoms with E-state index in [-0.39, 0.29) is 11.9 Å². The summed E-state index contributed by atoms with van der Waals surface area (Å²) < 4.78 is 0. The SMILES string of the molecule is CC(O)C(=O)N1CCCC1CC(O)c1ccccc1. The Morgan fingerprint density at radius 3 is 2.68 bits per heavy atom. The highest BCUT2D eigenvalue weighted by Crippen LogP contribution is 2.27. The average molecular weight is 263 g/mol. The smallest absolute Gasteiger partial charge is 0.251 e. The van der Waals surface area contributed by atoms with E-state index < -0.39 is 12.2 Å². The van der Waals surface area contributed by atoms with Crippen molar-refractivity contribution in [2.45, 2.75) is 44.4 Å². The van der Waals surface area contributed by atoms with Gasteiger partial charge in [-0.3, -0.25) is 4.79 Å². The van der Waals surface area contributed by atoms with Crippen LogP contribution in [-0.2, 0) is 4.79 Å². The maximum absolute atomic E-state index is 11.9. The fourth-order valence-electron chi connectivity index (χ4n) is 2.68. The Kier molecular flexibility index (Phi) is 4.56. The molecule has 1 aromatic carbocycles. The van der Waals surface area contributed by atoms with Crippen LogP contribution in [0.1, 0.15) is 37.9 Å². The number of benzene rings is 1. The van der Waals surface area contributed by atoms with Gasteiger partial charge in [-0.1, -0.05) is 30.3 Å². The standard InChI is InChI=1S/C15H21NO3/c1-11(17)15(19)16-9-5-8-13(16)10-14(18)12-6-3-2-4-7-12/h2-4,6-7,11,13-14,17-18H,5,8-10H2,1H3. The van der Waals surface area contributed by atoms with Crippen LogP contribution in [0, 0.1) is 0 Å². The van der Waals surface area contributed by atoms with Crippen molar-refractivity contribution in [2.75, 3.05) is 6.54 Å².